The number of nitrogens with zero attached hydrogens (tertiary/aromatic N) is 2. The molecule has 2 aliphatic heterocycles. The van der Waals surface area contributed by atoms with Gasteiger partial charge in [-0.3, -0.25) is 14.7 Å². The van der Waals surface area contributed by atoms with Crippen LogP contribution in [0.1, 0.15) is 91.6 Å². The number of aromatic nitrogens is 1. The maximum Gasteiger partial charge on any atom is 0.325 e. The van der Waals surface area contributed by atoms with Crippen molar-refractivity contribution in [3.05, 3.63) is 64.2 Å². The second-order valence-corrected chi connectivity index (χ2v) is 10.7. The number of benzene rings is 1. The minimum Gasteiger partial charge on any atom is -0.480 e. The average molecular weight is 511 g/mol. The van der Waals surface area contributed by atoms with Crippen LogP contribution in [0.25, 0.3) is 0 Å². The van der Waals surface area contributed by atoms with Gasteiger partial charge in [0.15, 0.2) is 0 Å². The van der Waals surface area contributed by atoms with Crippen molar-refractivity contribution in [2.75, 3.05) is 26.3 Å². The van der Waals surface area contributed by atoms with Crippen molar-refractivity contribution in [3.63, 3.8) is 0 Å². The lowest BCUT2D eigenvalue weighted by molar-refractivity contribution is -0.143. The molecule has 37 heavy (non-hydrogen) atoms. The molecule has 1 aromatic heterocycles. The van der Waals surface area contributed by atoms with Gasteiger partial charge in [0.2, 0.25) is 0 Å². The molecule has 3 aliphatic rings. The third-order valence-electron chi connectivity index (χ3n) is 8.06. The molecule has 7 heteroatoms. The molecule has 2 fully saturated rings. The summed E-state index contributed by atoms with van der Waals surface area (Å²) in [7, 11) is 0. The zero-order valence-corrected chi connectivity index (χ0v) is 21.7. The van der Waals surface area contributed by atoms with Crippen LogP contribution in [0, 0.1) is 5.82 Å². The highest BCUT2D eigenvalue weighted by molar-refractivity contribution is 5.76. The molecule has 6 nitrogen and oxygen atoms in total. The van der Waals surface area contributed by atoms with Crippen LogP contribution in [0.5, 0.6) is 0 Å². The van der Waals surface area contributed by atoms with Crippen molar-refractivity contribution < 1.29 is 23.8 Å². The van der Waals surface area contributed by atoms with E-state index in [9.17, 15) is 14.3 Å². The predicted molar refractivity (Wildman–Crippen MR) is 139 cm³/mol. The van der Waals surface area contributed by atoms with Crippen molar-refractivity contribution in [2.24, 2.45) is 0 Å². The minimum absolute atomic E-state index is 0.00772. The number of fused-ring (bicyclic) bond motifs is 1. The van der Waals surface area contributed by atoms with E-state index in [1.807, 2.05) is 4.90 Å². The first-order valence-corrected chi connectivity index (χ1v) is 14.1. The van der Waals surface area contributed by atoms with Gasteiger partial charge in [0.25, 0.3) is 0 Å². The van der Waals surface area contributed by atoms with E-state index in [2.05, 4.69) is 12.1 Å². The van der Waals surface area contributed by atoms with Crippen LogP contribution in [0.3, 0.4) is 0 Å². The summed E-state index contributed by atoms with van der Waals surface area (Å²) in [5, 5.41) is 10.2. The summed E-state index contributed by atoms with van der Waals surface area (Å²) in [5.74, 6) is -1.37. The predicted octanol–water partition coefficient (Wildman–Crippen LogP) is 5.58. The number of unbranched alkanes of at least 4 members (excludes halogenated alkanes) is 1. The van der Waals surface area contributed by atoms with Gasteiger partial charge >= 0.3 is 5.97 Å². The summed E-state index contributed by atoms with van der Waals surface area (Å²) in [4.78, 5) is 19.2. The summed E-state index contributed by atoms with van der Waals surface area (Å²) in [5.41, 5.74) is 5.19. The van der Waals surface area contributed by atoms with Crippen molar-refractivity contribution in [3.8, 4) is 0 Å². The van der Waals surface area contributed by atoms with E-state index in [4.69, 9.17) is 14.5 Å². The van der Waals surface area contributed by atoms with E-state index >= 15 is 0 Å². The van der Waals surface area contributed by atoms with E-state index in [0.29, 0.717) is 31.9 Å². The molecule has 2 aromatic rings. The third kappa shape index (κ3) is 6.57. The Morgan fingerprint density at radius 1 is 1.14 bits per heavy atom. The molecular formula is C30H39FN2O4. The maximum absolute atomic E-state index is 14.3. The number of aliphatic carboxylic acids is 1. The number of halogens is 1. The highest BCUT2D eigenvalue weighted by Gasteiger charge is 2.36. The summed E-state index contributed by atoms with van der Waals surface area (Å²) >= 11 is 0. The zero-order valence-electron chi connectivity index (χ0n) is 21.7. The molecule has 1 aliphatic carbocycles. The summed E-state index contributed by atoms with van der Waals surface area (Å²) in [6, 6.07) is 8.02. The number of carboxylic acid groups (broad SMARTS) is 1. The van der Waals surface area contributed by atoms with Gasteiger partial charge in [-0.05, 0) is 106 Å². The topological polar surface area (TPSA) is 71.9 Å². The Morgan fingerprint density at radius 3 is 2.86 bits per heavy atom. The molecule has 200 valence electrons. The van der Waals surface area contributed by atoms with Crippen LogP contribution in [-0.4, -0.2) is 53.4 Å². The molecule has 0 bridgehead atoms. The first kappa shape index (κ1) is 26.3. The lowest BCUT2D eigenvalue weighted by Crippen LogP contribution is -2.34. The number of carboxylic acids is 1. The van der Waals surface area contributed by atoms with E-state index in [0.717, 1.165) is 63.4 Å². The smallest absolute Gasteiger partial charge is 0.325 e. The van der Waals surface area contributed by atoms with Gasteiger partial charge in [0.05, 0.1) is 12.2 Å². The maximum atomic E-state index is 14.3. The number of likely N-dealkylation sites (tertiary alicyclic amines) is 1. The number of aryl methyl sites for hydroxylation is 3. The van der Waals surface area contributed by atoms with Crippen LogP contribution in [0.15, 0.2) is 30.3 Å². The molecule has 2 saturated heterocycles. The highest BCUT2D eigenvalue weighted by Crippen LogP contribution is 2.36. The molecule has 0 radical (unpaired) electrons. The van der Waals surface area contributed by atoms with Crippen LogP contribution < -0.4 is 0 Å². The van der Waals surface area contributed by atoms with Crippen molar-refractivity contribution >= 4 is 5.97 Å². The first-order chi connectivity index (χ1) is 18.1. The second-order valence-electron chi connectivity index (χ2n) is 10.7. The largest absolute Gasteiger partial charge is 0.480 e. The molecule has 0 spiro atoms. The second kappa shape index (κ2) is 12.5. The highest BCUT2D eigenvalue weighted by atomic mass is 19.1. The van der Waals surface area contributed by atoms with Gasteiger partial charge in [-0.25, -0.2) is 4.39 Å². The Labute approximate surface area is 219 Å². The van der Waals surface area contributed by atoms with E-state index in [1.54, 1.807) is 6.07 Å². The van der Waals surface area contributed by atoms with E-state index < -0.39 is 17.8 Å². The first-order valence-electron chi connectivity index (χ1n) is 14.1. The Morgan fingerprint density at radius 2 is 2.03 bits per heavy atom. The van der Waals surface area contributed by atoms with Crippen LogP contribution >= 0.6 is 0 Å². The molecule has 0 amide bonds. The monoisotopic (exact) mass is 510 g/mol. The number of hydrogen-bond acceptors (Lipinski definition) is 5. The number of rotatable bonds is 10. The normalized spacial score (nSPS) is 23.1. The fourth-order valence-corrected chi connectivity index (χ4v) is 6.10. The lowest BCUT2D eigenvalue weighted by Gasteiger charge is -2.30. The van der Waals surface area contributed by atoms with E-state index in [1.165, 1.54) is 41.9 Å². The molecule has 0 saturated carbocycles. The van der Waals surface area contributed by atoms with Crippen molar-refractivity contribution in [2.45, 2.75) is 88.9 Å². The SMILES string of the molecule is O=C(O)[C@@H](c1cc(F)ccc1[C@H]1CCCCO1)N1CC[C@@H](OCCCCc2ccc3c(n2)CCCC3)C1. The Bertz CT molecular complexity index is 1070. The summed E-state index contributed by atoms with van der Waals surface area (Å²) in [6.45, 7) is 2.46. The number of hydrogen-bond donors (Lipinski definition) is 1. The Hall–Kier alpha value is -2.35. The van der Waals surface area contributed by atoms with Crippen molar-refractivity contribution in [1.29, 1.82) is 0 Å². The molecule has 5 rings (SSSR count). The van der Waals surface area contributed by atoms with Gasteiger partial charge < -0.3 is 14.6 Å². The van der Waals surface area contributed by atoms with Crippen LogP contribution in [0.2, 0.25) is 0 Å². The Kier molecular flexibility index (Phi) is 8.85. The van der Waals surface area contributed by atoms with Gasteiger partial charge in [-0.1, -0.05) is 12.1 Å². The number of pyridine rings is 1. The molecular weight excluding hydrogens is 471 g/mol. The van der Waals surface area contributed by atoms with Gasteiger partial charge in [0.1, 0.15) is 11.9 Å². The van der Waals surface area contributed by atoms with Gasteiger partial charge in [0, 0.05) is 37.7 Å². The van der Waals surface area contributed by atoms with Gasteiger partial charge in [-0.2, -0.15) is 0 Å². The molecule has 1 N–H and O–H groups in total. The molecule has 1 aromatic carbocycles. The third-order valence-corrected chi connectivity index (χ3v) is 8.06. The summed E-state index contributed by atoms with van der Waals surface area (Å²) < 4.78 is 26.3. The molecule has 0 unspecified atom stereocenters. The number of carbonyl (C=O) groups is 1. The number of ether oxygens (including phenoxy) is 2. The van der Waals surface area contributed by atoms with E-state index in [-0.39, 0.29) is 12.2 Å². The molecule has 3 heterocycles. The lowest BCUT2D eigenvalue weighted by atomic mass is 9.92. The minimum atomic E-state index is -0.958. The fourth-order valence-electron chi connectivity index (χ4n) is 6.10. The standard InChI is InChI=1S/C30H39FN2O4/c31-22-12-14-25(28-10-4-6-18-37-28)26(19-22)29(30(34)35)33-16-15-24(20-33)36-17-5-3-8-23-13-11-21-7-1-2-9-27(21)32-23/h11-14,19,24,28-29H,1-10,15-18,20H2,(H,34,35)/t24-,28-,29-/m1/s1. The van der Waals surface area contributed by atoms with Crippen LogP contribution in [-0.2, 0) is 33.5 Å². The zero-order chi connectivity index (χ0) is 25.6. The van der Waals surface area contributed by atoms with Crippen molar-refractivity contribution in [1.82, 2.24) is 9.88 Å². The Balaban J connectivity index is 1.13. The quantitative estimate of drug-likeness (QED) is 0.421. The molecule has 3 atom stereocenters. The van der Waals surface area contributed by atoms with Gasteiger partial charge in [-0.15, -0.1) is 0 Å². The summed E-state index contributed by atoms with van der Waals surface area (Å²) in [6.07, 6.45) is 11.2. The van der Waals surface area contributed by atoms with Crippen LogP contribution in [0.4, 0.5) is 4.39 Å². The fraction of sp³-hybridized carbons (Fsp3) is 0.600. The average Bonchev–Trinajstić information content (AvgIpc) is 3.37.